The number of aromatic nitrogens is 4. The molecule has 31 heavy (non-hydrogen) atoms. The first-order chi connectivity index (χ1) is 14.8. The Morgan fingerprint density at radius 1 is 1.13 bits per heavy atom. The fourth-order valence-corrected chi connectivity index (χ4v) is 3.66. The highest BCUT2D eigenvalue weighted by molar-refractivity contribution is 9.10. The lowest BCUT2D eigenvalue weighted by molar-refractivity contribution is 0.628. The van der Waals surface area contributed by atoms with E-state index >= 15 is 0 Å². The number of rotatable bonds is 5. The topological polar surface area (TPSA) is 86.2 Å². The van der Waals surface area contributed by atoms with Crippen LogP contribution < -0.4 is 16.7 Å². The Hall–Kier alpha value is -3.53. The molecule has 1 N–H and O–H groups in total. The van der Waals surface area contributed by atoms with Gasteiger partial charge in [0.2, 0.25) is 5.95 Å². The Morgan fingerprint density at radius 3 is 2.58 bits per heavy atom. The lowest BCUT2D eigenvalue weighted by Crippen LogP contribution is -2.37. The second-order valence-electron chi connectivity index (χ2n) is 6.95. The third kappa shape index (κ3) is 4.06. The van der Waals surface area contributed by atoms with E-state index in [4.69, 9.17) is 0 Å². The summed E-state index contributed by atoms with van der Waals surface area (Å²) in [6.45, 7) is 0.331. The molecule has 158 valence electrons. The van der Waals surface area contributed by atoms with E-state index < -0.39 is 11.2 Å². The zero-order valence-corrected chi connectivity index (χ0v) is 18.3. The summed E-state index contributed by atoms with van der Waals surface area (Å²) in [5.41, 5.74) is 4.08. The molecule has 0 saturated heterocycles. The minimum Gasteiger partial charge on any atom is -0.298 e. The molecule has 0 atom stereocenters. The highest BCUT2D eigenvalue weighted by Crippen LogP contribution is 2.20. The lowest BCUT2D eigenvalue weighted by atomic mass is 10.2. The number of imidazole rings is 1. The second kappa shape index (κ2) is 8.31. The molecule has 0 unspecified atom stereocenters. The molecule has 4 aromatic rings. The molecule has 0 aliphatic carbocycles. The number of aryl methyl sites for hydroxylation is 1. The number of fused-ring (bicyclic) bond motifs is 1. The summed E-state index contributed by atoms with van der Waals surface area (Å²) in [4.78, 5) is 29.7. The van der Waals surface area contributed by atoms with Crippen molar-refractivity contribution in [3.63, 3.8) is 0 Å². The summed E-state index contributed by atoms with van der Waals surface area (Å²) in [5, 5.41) is 4.17. The van der Waals surface area contributed by atoms with Crippen LogP contribution in [0.5, 0.6) is 0 Å². The van der Waals surface area contributed by atoms with Crippen LogP contribution in [0.1, 0.15) is 11.1 Å². The molecule has 0 bridgehead atoms. The van der Waals surface area contributed by atoms with Crippen LogP contribution in [-0.4, -0.2) is 24.9 Å². The van der Waals surface area contributed by atoms with Crippen molar-refractivity contribution in [2.24, 2.45) is 19.2 Å². The first-order valence-electron chi connectivity index (χ1n) is 9.30. The van der Waals surface area contributed by atoms with E-state index in [1.807, 2.05) is 24.3 Å². The monoisotopic (exact) mass is 484 g/mol. The Balaban J connectivity index is 1.82. The zero-order chi connectivity index (χ0) is 22.1. The summed E-state index contributed by atoms with van der Waals surface area (Å²) in [7, 11) is 2.99. The van der Waals surface area contributed by atoms with Gasteiger partial charge in [-0.1, -0.05) is 40.2 Å². The molecule has 0 spiro atoms. The molecule has 2 aromatic heterocycles. The molecule has 8 nitrogen and oxygen atoms in total. The van der Waals surface area contributed by atoms with Gasteiger partial charge < -0.3 is 0 Å². The zero-order valence-electron chi connectivity index (χ0n) is 16.7. The van der Waals surface area contributed by atoms with E-state index in [9.17, 15) is 14.0 Å². The lowest BCUT2D eigenvalue weighted by Gasteiger charge is -2.09. The van der Waals surface area contributed by atoms with Crippen molar-refractivity contribution < 1.29 is 4.39 Å². The van der Waals surface area contributed by atoms with Crippen molar-refractivity contribution in [1.82, 2.24) is 18.7 Å². The van der Waals surface area contributed by atoms with Crippen molar-refractivity contribution in [1.29, 1.82) is 0 Å². The average molecular weight is 485 g/mol. The molecule has 2 heterocycles. The van der Waals surface area contributed by atoms with Gasteiger partial charge in [-0.05, 0) is 35.4 Å². The predicted molar refractivity (Wildman–Crippen MR) is 121 cm³/mol. The van der Waals surface area contributed by atoms with Crippen molar-refractivity contribution in [3.8, 4) is 0 Å². The van der Waals surface area contributed by atoms with Gasteiger partial charge in [0.1, 0.15) is 5.82 Å². The summed E-state index contributed by atoms with van der Waals surface area (Å²) < 4.78 is 18.0. The first kappa shape index (κ1) is 20.7. The SMILES string of the molecule is Cn1c(=O)c2c(nc(N/N=C/c3ccc(F)cc3)n2Cc2cccc(Br)c2)n(C)c1=O. The minimum atomic E-state index is -0.467. The van der Waals surface area contributed by atoms with Crippen LogP contribution in [-0.2, 0) is 20.6 Å². The van der Waals surface area contributed by atoms with Crippen LogP contribution in [0.25, 0.3) is 11.2 Å². The largest absolute Gasteiger partial charge is 0.332 e. The maximum absolute atomic E-state index is 13.1. The molecule has 0 fully saturated rings. The molecular weight excluding hydrogens is 467 g/mol. The number of anilines is 1. The maximum atomic E-state index is 13.1. The van der Waals surface area contributed by atoms with Gasteiger partial charge in [0, 0.05) is 18.6 Å². The quantitative estimate of drug-likeness (QED) is 0.348. The highest BCUT2D eigenvalue weighted by atomic mass is 79.9. The van der Waals surface area contributed by atoms with E-state index in [-0.39, 0.29) is 17.0 Å². The number of benzene rings is 2. The summed E-state index contributed by atoms with van der Waals surface area (Å²) in [5.74, 6) is -0.0377. The van der Waals surface area contributed by atoms with E-state index in [0.29, 0.717) is 18.1 Å². The van der Waals surface area contributed by atoms with Gasteiger partial charge in [-0.3, -0.25) is 18.5 Å². The highest BCUT2D eigenvalue weighted by Gasteiger charge is 2.19. The minimum absolute atomic E-state index is 0.252. The fourth-order valence-electron chi connectivity index (χ4n) is 3.22. The van der Waals surface area contributed by atoms with Gasteiger partial charge in [0.25, 0.3) is 5.56 Å². The number of halogens is 2. The van der Waals surface area contributed by atoms with Crippen molar-refractivity contribution in [3.05, 3.63) is 90.8 Å². The summed E-state index contributed by atoms with van der Waals surface area (Å²) >= 11 is 3.45. The molecule has 0 radical (unpaired) electrons. The van der Waals surface area contributed by atoms with E-state index in [2.05, 4.69) is 31.4 Å². The van der Waals surface area contributed by atoms with Crippen molar-refractivity contribution >= 4 is 39.3 Å². The molecule has 0 aliphatic heterocycles. The number of hydrogen-bond donors (Lipinski definition) is 1. The van der Waals surface area contributed by atoms with E-state index in [0.717, 1.165) is 14.6 Å². The first-order valence-corrected chi connectivity index (χ1v) is 10.1. The van der Waals surface area contributed by atoms with E-state index in [1.165, 1.54) is 30.0 Å². The number of nitrogens with zero attached hydrogens (tertiary/aromatic N) is 5. The smallest absolute Gasteiger partial charge is 0.298 e. The number of nitrogens with one attached hydrogen (secondary N) is 1. The van der Waals surface area contributed by atoms with Gasteiger partial charge in [-0.2, -0.15) is 10.1 Å². The van der Waals surface area contributed by atoms with Crippen molar-refractivity contribution in [2.75, 3.05) is 5.43 Å². The summed E-state index contributed by atoms with van der Waals surface area (Å²) in [6, 6.07) is 13.5. The van der Waals surface area contributed by atoms with Gasteiger partial charge in [-0.25, -0.2) is 14.6 Å². The average Bonchev–Trinajstić information content (AvgIpc) is 3.10. The molecule has 0 aliphatic rings. The van der Waals surface area contributed by atoms with Crippen LogP contribution in [0.2, 0.25) is 0 Å². The number of hydrogen-bond acceptors (Lipinski definition) is 5. The van der Waals surface area contributed by atoms with Gasteiger partial charge in [0.05, 0.1) is 12.8 Å². The maximum Gasteiger partial charge on any atom is 0.332 e. The Kier molecular flexibility index (Phi) is 5.55. The Bertz CT molecular complexity index is 1420. The molecular formula is C21H18BrFN6O2. The molecule has 10 heteroatoms. The predicted octanol–water partition coefficient (Wildman–Crippen LogP) is 2.83. The van der Waals surface area contributed by atoms with Gasteiger partial charge >= 0.3 is 5.69 Å². The van der Waals surface area contributed by atoms with Gasteiger partial charge in [-0.15, -0.1) is 0 Å². The molecule has 2 aromatic carbocycles. The fraction of sp³-hybridized carbons (Fsp3) is 0.143. The van der Waals surface area contributed by atoms with E-state index in [1.54, 1.807) is 23.7 Å². The van der Waals surface area contributed by atoms with Crippen LogP contribution in [0.15, 0.2) is 67.7 Å². The molecule has 4 rings (SSSR count). The third-order valence-corrected chi connectivity index (χ3v) is 5.32. The van der Waals surface area contributed by atoms with Crippen LogP contribution in [0, 0.1) is 5.82 Å². The van der Waals surface area contributed by atoms with Crippen molar-refractivity contribution in [2.45, 2.75) is 6.54 Å². The second-order valence-corrected chi connectivity index (χ2v) is 7.87. The third-order valence-electron chi connectivity index (χ3n) is 4.83. The Morgan fingerprint density at radius 2 is 1.87 bits per heavy atom. The van der Waals surface area contributed by atoms with Crippen LogP contribution in [0.4, 0.5) is 10.3 Å². The Labute approximate surface area is 184 Å². The molecule has 0 saturated carbocycles. The standard InChI is InChI=1S/C21H18BrFN6O2/c1-27-18-17(19(30)28(2)21(27)31)29(12-14-4-3-5-15(22)10-14)20(25-18)26-24-11-13-6-8-16(23)9-7-13/h3-11H,12H2,1-2H3,(H,25,26)/b24-11+. The van der Waals surface area contributed by atoms with Crippen LogP contribution in [0.3, 0.4) is 0 Å². The summed E-state index contributed by atoms with van der Waals surface area (Å²) in [6.07, 6.45) is 1.51. The number of hydrazone groups is 1. The van der Waals surface area contributed by atoms with Crippen LogP contribution >= 0.6 is 15.9 Å². The molecule has 0 amide bonds. The van der Waals surface area contributed by atoms with Gasteiger partial charge in [0.15, 0.2) is 11.2 Å². The normalized spacial score (nSPS) is 11.5.